The van der Waals surface area contributed by atoms with Gasteiger partial charge in [0, 0.05) is 25.5 Å². The van der Waals surface area contributed by atoms with Gasteiger partial charge in [-0.05, 0) is 53.8 Å². The molecule has 5 rings (SSSR count). The van der Waals surface area contributed by atoms with Gasteiger partial charge in [-0.25, -0.2) is 4.79 Å². The Kier molecular flexibility index (Phi) is 11.8. The topological polar surface area (TPSA) is 130 Å². The minimum Gasteiger partial charge on any atom is -0.497 e. The van der Waals surface area contributed by atoms with Gasteiger partial charge >= 0.3 is 5.69 Å². The first kappa shape index (κ1) is 34.6. The first-order valence-corrected chi connectivity index (χ1v) is 15.7. The number of hydrogen-bond acceptors (Lipinski definition) is 9. The highest BCUT2D eigenvalue weighted by atomic mass is 16.6. The van der Waals surface area contributed by atoms with Gasteiger partial charge in [0.15, 0.2) is 6.23 Å². The number of benzene rings is 3. The predicted molar refractivity (Wildman–Crippen MR) is 178 cm³/mol. The largest absolute Gasteiger partial charge is 0.497 e. The van der Waals surface area contributed by atoms with E-state index in [1.165, 1.54) is 12.3 Å². The summed E-state index contributed by atoms with van der Waals surface area (Å²) < 4.78 is 37.0. The number of nitrogens with one attached hydrogen (secondary N) is 1. The van der Waals surface area contributed by atoms with Crippen molar-refractivity contribution < 1.29 is 33.5 Å². The van der Waals surface area contributed by atoms with Crippen molar-refractivity contribution in [2.75, 3.05) is 40.6 Å². The Labute approximate surface area is 279 Å². The van der Waals surface area contributed by atoms with Crippen molar-refractivity contribution in [2.24, 2.45) is 0 Å². The predicted octanol–water partition coefficient (Wildman–Crippen LogP) is 3.64. The van der Waals surface area contributed by atoms with Crippen LogP contribution in [0.1, 0.15) is 35.8 Å². The van der Waals surface area contributed by atoms with Crippen LogP contribution in [0.15, 0.2) is 101 Å². The van der Waals surface area contributed by atoms with Crippen molar-refractivity contribution in [3.63, 3.8) is 0 Å². The van der Waals surface area contributed by atoms with Crippen molar-refractivity contribution in [3.05, 3.63) is 129 Å². The number of H-pyrrole nitrogens is 1. The second-order valence-corrected chi connectivity index (χ2v) is 11.2. The molecule has 11 heteroatoms. The van der Waals surface area contributed by atoms with E-state index in [2.05, 4.69) is 10.9 Å². The number of aliphatic hydroxyl groups is 1. The summed E-state index contributed by atoms with van der Waals surface area (Å²) in [5.41, 5.74) is 0.0477. The van der Waals surface area contributed by atoms with Crippen molar-refractivity contribution in [3.8, 4) is 23.8 Å². The monoisotopic (exact) mass is 656 g/mol. The van der Waals surface area contributed by atoms with Gasteiger partial charge in [0.25, 0.3) is 5.56 Å². The Morgan fingerprint density at radius 3 is 2.06 bits per heavy atom. The molecule has 0 spiro atoms. The average molecular weight is 657 g/mol. The van der Waals surface area contributed by atoms with Crippen molar-refractivity contribution in [1.29, 1.82) is 0 Å². The molecule has 3 aromatic carbocycles. The maximum atomic E-state index is 12.7. The Balaban J connectivity index is 1.51. The Bertz CT molecular complexity index is 1700. The quantitative estimate of drug-likeness (QED) is 0.106. The minimum atomic E-state index is -1.26. The number of rotatable bonds is 16. The van der Waals surface area contributed by atoms with E-state index in [0.717, 1.165) is 21.3 Å². The van der Waals surface area contributed by atoms with E-state index in [-0.39, 0.29) is 19.8 Å². The molecule has 4 unspecified atom stereocenters. The summed E-state index contributed by atoms with van der Waals surface area (Å²) in [5.74, 6) is 3.81. The molecule has 0 aliphatic carbocycles. The summed E-state index contributed by atoms with van der Waals surface area (Å²) >= 11 is 0. The molecule has 0 radical (unpaired) electrons. The zero-order valence-electron chi connectivity index (χ0n) is 27.0. The summed E-state index contributed by atoms with van der Waals surface area (Å²) in [6.45, 7) is 0.947. The van der Waals surface area contributed by atoms with Crippen LogP contribution < -0.4 is 20.7 Å². The molecule has 0 amide bonds. The lowest BCUT2D eigenvalue weighted by atomic mass is 9.80. The molecule has 1 aromatic heterocycles. The molecule has 0 bridgehead atoms. The number of unbranched alkanes of at least 4 members (excludes halogenated alkanes) is 1. The summed E-state index contributed by atoms with van der Waals surface area (Å²) in [6.07, 6.45) is 3.79. The van der Waals surface area contributed by atoms with Crippen LogP contribution in [0, 0.1) is 12.3 Å². The lowest BCUT2D eigenvalue weighted by Crippen LogP contribution is -2.41. The molecule has 48 heavy (non-hydrogen) atoms. The molecule has 1 fully saturated rings. The highest BCUT2D eigenvalue weighted by Gasteiger charge is 2.48. The minimum absolute atomic E-state index is 0.0471. The molecule has 1 aliphatic rings. The van der Waals surface area contributed by atoms with E-state index in [9.17, 15) is 14.7 Å². The summed E-state index contributed by atoms with van der Waals surface area (Å²) in [6, 6.07) is 26.2. The first-order chi connectivity index (χ1) is 23.4. The van der Waals surface area contributed by atoms with E-state index < -0.39 is 41.4 Å². The molecular formula is C37H40N2O9. The fourth-order valence-electron chi connectivity index (χ4n) is 5.86. The second kappa shape index (κ2) is 16.4. The third-order valence-electron chi connectivity index (χ3n) is 8.25. The maximum absolute atomic E-state index is 12.7. The van der Waals surface area contributed by atoms with Gasteiger partial charge in [0.1, 0.15) is 42.0 Å². The van der Waals surface area contributed by atoms with Gasteiger partial charge < -0.3 is 33.5 Å². The highest BCUT2D eigenvalue weighted by molar-refractivity contribution is 5.49. The second-order valence-electron chi connectivity index (χ2n) is 11.2. The molecule has 1 aliphatic heterocycles. The van der Waals surface area contributed by atoms with E-state index >= 15 is 0 Å². The third-order valence-corrected chi connectivity index (χ3v) is 8.25. The number of ether oxygens (including phenoxy) is 6. The fourth-order valence-corrected chi connectivity index (χ4v) is 5.86. The SMILES string of the molecule is C#CCOCCCCOC1C(COC(c2ccccc2)(c2ccc(OC)cc2)c2ccc(OC)cc2)OC(n2ccc(=O)[nH]c2=O)C1O. The number of nitrogens with zero attached hydrogens (tertiary/aromatic N) is 1. The van der Waals surface area contributed by atoms with Gasteiger partial charge in [0.2, 0.25) is 0 Å². The molecular weight excluding hydrogens is 616 g/mol. The average Bonchev–Trinajstić information content (AvgIpc) is 3.43. The Morgan fingerprint density at radius 2 is 1.48 bits per heavy atom. The van der Waals surface area contributed by atoms with E-state index in [1.807, 2.05) is 78.9 Å². The third kappa shape index (κ3) is 7.71. The van der Waals surface area contributed by atoms with Crippen LogP contribution in [0.4, 0.5) is 0 Å². The first-order valence-electron chi connectivity index (χ1n) is 15.7. The van der Waals surface area contributed by atoms with Crippen LogP contribution in [0.3, 0.4) is 0 Å². The number of aromatic amines is 1. The summed E-state index contributed by atoms with van der Waals surface area (Å²) in [5, 5.41) is 11.5. The van der Waals surface area contributed by atoms with Gasteiger partial charge in [0.05, 0.1) is 20.8 Å². The van der Waals surface area contributed by atoms with Gasteiger partial charge in [-0.2, -0.15) is 0 Å². The van der Waals surface area contributed by atoms with Gasteiger partial charge in [-0.3, -0.25) is 14.3 Å². The maximum Gasteiger partial charge on any atom is 0.330 e. The van der Waals surface area contributed by atoms with Gasteiger partial charge in [-0.1, -0.05) is 60.5 Å². The molecule has 0 saturated carbocycles. The summed E-state index contributed by atoms with van der Waals surface area (Å²) in [7, 11) is 3.22. The normalized spacial score (nSPS) is 19.1. The van der Waals surface area contributed by atoms with E-state index in [0.29, 0.717) is 30.9 Å². The van der Waals surface area contributed by atoms with Crippen LogP contribution in [-0.2, 0) is 24.5 Å². The van der Waals surface area contributed by atoms with E-state index in [4.69, 9.17) is 34.8 Å². The zero-order valence-corrected chi connectivity index (χ0v) is 27.0. The molecule has 2 N–H and O–H groups in total. The van der Waals surface area contributed by atoms with Gasteiger partial charge in [-0.15, -0.1) is 6.42 Å². The Hall–Kier alpha value is -4.70. The van der Waals surface area contributed by atoms with E-state index in [1.54, 1.807) is 14.2 Å². The van der Waals surface area contributed by atoms with Crippen LogP contribution in [-0.4, -0.2) is 73.6 Å². The zero-order chi connectivity index (χ0) is 33.9. The fraction of sp³-hybridized carbons (Fsp3) is 0.351. The van der Waals surface area contributed by atoms with Crippen molar-refractivity contribution in [2.45, 2.75) is 43.0 Å². The number of hydrogen-bond donors (Lipinski definition) is 2. The van der Waals surface area contributed by atoms with Crippen LogP contribution >= 0.6 is 0 Å². The standard InChI is InChI=1S/C37H40N2O9/c1-4-22-45-23-8-9-24-46-34-31(48-35(33(34)41)39-21-20-32(40)38-36(39)42)25-47-37(26-10-6-5-7-11-26,27-12-16-29(43-2)17-13-27)28-14-18-30(44-3)19-15-28/h1,5-7,10-21,31,33-35,41H,8-9,22-25H2,2-3H3,(H,38,40,42). The lowest BCUT2D eigenvalue weighted by Gasteiger charge is -2.37. The lowest BCUT2D eigenvalue weighted by molar-refractivity contribution is -0.105. The molecule has 4 atom stereocenters. The number of aliphatic hydroxyl groups excluding tert-OH is 1. The van der Waals surface area contributed by atoms with Crippen LogP contribution in [0.5, 0.6) is 11.5 Å². The van der Waals surface area contributed by atoms with Crippen molar-refractivity contribution in [1.82, 2.24) is 9.55 Å². The molecule has 252 valence electrons. The highest BCUT2D eigenvalue weighted by Crippen LogP contribution is 2.43. The smallest absolute Gasteiger partial charge is 0.330 e. The number of aromatic nitrogens is 2. The molecule has 11 nitrogen and oxygen atoms in total. The number of methoxy groups -OCH3 is 2. The summed E-state index contributed by atoms with van der Waals surface area (Å²) in [4.78, 5) is 26.7. The Morgan fingerprint density at radius 1 is 0.875 bits per heavy atom. The van der Waals surface area contributed by atoms with Crippen molar-refractivity contribution >= 4 is 0 Å². The van der Waals surface area contributed by atoms with Crippen LogP contribution in [0.2, 0.25) is 0 Å². The molecule has 2 heterocycles. The van der Waals surface area contributed by atoms with Crippen LogP contribution in [0.25, 0.3) is 0 Å². The number of terminal acetylenes is 1. The molecule has 4 aromatic rings. The molecule has 1 saturated heterocycles.